The van der Waals surface area contributed by atoms with E-state index in [-0.39, 0.29) is 28.9 Å². The van der Waals surface area contributed by atoms with Crippen LogP contribution in [0.4, 0.5) is 0 Å². The predicted molar refractivity (Wildman–Crippen MR) is 108 cm³/mol. The zero-order valence-corrected chi connectivity index (χ0v) is 18.0. The van der Waals surface area contributed by atoms with Gasteiger partial charge < -0.3 is 14.5 Å². The van der Waals surface area contributed by atoms with Crippen molar-refractivity contribution in [3.05, 3.63) is 29.8 Å². The van der Waals surface area contributed by atoms with Crippen molar-refractivity contribution in [1.29, 1.82) is 0 Å². The number of carbonyl (C=O) groups excluding carboxylic acids is 2. The minimum atomic E-state index is -3.66. The standard InChI is InChI=1S/C20H29N3O5S/c1-15(2)21(3)29(26,27)17-7-4-6-16(14-17)19(24)22-9-11-23(12-10-22)20(25)18-8-5-13-28-18/h4,6-7,14-15,18H,5,8-13H2,1-3H3. The number of ether oxygens (including phenoxy) is 1. The molecule has 1 unspecified atom stereocenters. The van der Waals surface area contributed by atoms with Crippen molar-refractivity contribution >= 4 is 21.8 Å². The molecule has 0 aromatic heterocycles. The van der Waals surface area contributed by atoms with E-state index in [1.165, 1.54) is 23.5 Å². The predicted octanol–water partition coefficient (Wildman–Crippen LogP) is 1.18. The van der Waals surface area contributed by atoms with Gasteiger partial charge in [0.25, 0.3) is 11.8 Å². The van der Waals surface area contributed by atoms with Crippen molar-refractivity contribution in [3.8, 4) is 0 Å². The fraction of sp³-hybridized carbons (Fsp3) is 0.600. The summed E-state index contributed by atoms with van der Waals surface area (Å²) in [5.41, 5.74) is 0.335. The van der Waals surface area contributed by atoms with Gasteiger partial charge in [-0.1, -0.05) is 6.07 Å². The summed E-state index contributed by atoms with van der Waals surface area (Å²) in [4.78, 5) is 28.9. The van der Waals surface area contributed by atoms with Crippen LogP contribution in [0.2, 0.25) is 0 Å². The molecule has 8 nitrogen and oxygen atoms in total. The van der Waals surface area contributed by atoms with Gasteiger partial charge >= 0.3 is 0 Å². The monoisotopic (exact) mass is 423 g/mol. The van der Waals surface area contributed by atoms with Crippen LogP contribution in [0.5, 0.6) is 0 Å². The third-order valence-corrected chi connectivity index (χ3v) is 7.60. The molecule has 1 aromatic rings. The lowest BCUT2D eigenvalue weighted by Gasteiger charge is -2.35. The van der Waals surface area contributed by atoms with E-state index in [2.05, 4.69) is 0 Å². The molecule has 0 aliphatic carbocycles. The second kappa shape index (κ2) is 8.81. The van der Waals surface area contributed by atoms with Crippen molar-refractivity contribution in [2.24, 2.45) is 0 Å². The zero-order chi connectivity index (χ0) is 21.2. The Kier molecular flexibility index (Phi) is 6.60. The lowest BCUT2D eigenvalue weighted by atomic mass is 10.1. The van der Waals surface area contributed by atoms with E-state index in [4.69, 9.17) is 4.74 Å². The van der Waals surface area contributed by atoms with Crippen molar-refractivity contribution < 1.29 is 22.7 Å². The van der Waals surface area contributed by atoms with Gasteiger partial charge in [0.2, 0.25) is 10.0 Å². The molecule has 0 saturated carbocycles. The fourth-order valence-corrected chi connectivity index (χ4v) is 4.94. The fourth-order valence-electron chi connectivity index (χ4n) is 3.52. The van der Waals surface area contributed by atoms with Gasteiger partial charge in [0.05, 0.1) is 4.90 Å². The first-order valence-electron chi connectivity index (χ1n) is 9.99. The number of hydrogen-bond acceptors (Lipinski definition) is 5. The highest BCUT2D eigenvalue weighted by atomic mass is 32.2. The maximum absolute atomic E-state index is 12.9. The molecule has 9 heteroatoms. The van der Waals surface area contributed by atoms with E-state index >= 15 is 0 Å². The lowest BCUT2D eigenvalue weighted by molar-refractivity contribution is -0.142. The van der Waals surface area contributed by atoms with Gasteiger partial charge in [0.1, 0.15) is 6.10 Å². The van der Waals surface area contributed by atoms with E-state index in [0.29, 0.717) is 38.3 Å². The third kappa shape index (κ3) is 4.62. The molecule has 0 bridgehead atoms. The molecule has 0 radical (unpaired) electrons. The van der Waals surface area contributed by atoms with Gasteiger partial charge in [-0.05, 0) is 44.9 Å². The highest BCUT2D eigenvalue weighted by Crippen LogP contribution is 2.20. The van der Waals surface area contributed by atoms with Crippen LogP contribution in [0.1, 0.15) is 37.0 Å². The van der Waals surface area contributed by atoms with Gasteiger partial charge in [-0.3, -0.25) is 9.59 Å². The van der Waals surface area contributed by atoms with Crippen LogP contribution in [-0.4, -0.2) is 86.3 Å². The average molecular weight is 424 g/mol. The van der Waals surface area contributed by atoms with Crippen LogP contribution in [-0.2, 0) is 19.6 Å². The van der Waals surface area contributed by atoms with Crippen LogP contribution in [0, 0.1) is 0 Å². The molecule has 2 heterocycles. The number of sulfonamides is 1. The van der Waals surface area contributed by atoms with Gasteiger partial charge in [-0.15, -0.1) is 0 Å². The largest absolute Gasteiger partial charge is 0.368 e. The summed E-state index contributed by atoms with van der Waals surface area (Å²) in [5, 5.41) is 0. The van der Waals surface area contributed by atoms with E-state index in [0.717, 1.165) is 12.8 Å². The average Bonchev–Trinajstić information content (AvgIpc) is 3.27. The Bertz CT molecular complexity index is 857. The smallest absolute Gasteiger partial charge is 0.254 e. The number of hydrogen-bond donors (Lipinski definition) is 0. The van der Waals surface area contributed by atoms with Crippen LogP contribution in [0.15, 0.2) is 29.2 Å². The number of piperazine rings is 1. The quantitative estimate of drug-likeness (QED) is 0.710. The molecule has 2 aliphatic rings. The molecule has 2 fully saturated rings. The van der Waals surface area contributed by atoms with Crippen LogP contribution >= 0.6 is 0 Å². The second-order valence-electron chi connectivity index (χ2n) is 7.76. The molecule has 1 aromatic carbocycles. The first-order valence-corrected chi connectivity index (χ1v) is 11.4. The summed E-state index contributed by atoms with van der Waals surface area (Å²) < 4.78 is 32.2. The Labute approximate surface area is 172 Å². The van der Waals surface area contributed by atoms with Gasteiger partial charge in [0, 0.05) is 51.4 Å². The highest BCUT2D eigenvalue weighted by Gasteiger charge is 2.32. The number of rotatable bonds is 5. The summed E-state index contributed by atoms with van der Waals surface area (Å²) >= 11 is 0. The lowest BCUT2D eigenvalue weighted by Crippen LogP contribution is -2.52. The van der Waals surface area contributed by atoms with Crippen molar-refractivity contribution in [2.75, 3.05) is 39.8 Å². The zero-order valence-electron chi connectivity index (χ0n) is 17.2. The van der Waals surface area contributed by atoms with Gasteiger partial charge in [0.15, 0.2) is 0 Å². The molecular weight excluding hydrogens is 394 g/mol. The summed E-state index contributed by atoms with van der Waals surface area (Å²) in [5.74, 6) is -0.224. The van der Waals surface area contributed by atoms with E-state index in [1.807, 2.05) is 0 Å². The number of benzene rings is 1. The van der Waals surface area contributed by atoms with Gasteiger partial charge in [-0.25, -0.2) is 8.42 Å². The summed E-state index contributed by atoms with van der Waals surface area (Å²) in [6.45, 7) is 5.96. The molecule has 2 saturated heterocycles. The summed E-state index contributed by atoms with van der Waals surface area (Å²) in [7, 11) is -2.13. The molecule has 1 atom stereocenters. The Morgan fingerprint density at radius 1 is 1.14 bits per heavy atom. The maximum atomic E-state index is 12.9. The van der Waals surface area contributed by atoms with Crippen molar-refractivity contribution in [2.45, 2.75) is 43.7 Å². The first kappa shape index (κ1) is 21.7. The molecule has 0 spiro atoms. The number of carbonyl (C=O) groups is 2. The first-order chi connectivity index (χ1) is 13.7. The number of amides is 2. The molecule has 2 amide bonds. The van der Waals surface area contributed by atoms with E-state index < -0.39 is 10.0 Å². The normalized spacial score (nSPS) is 20.5. The van der Waals surface area contributed by atoms with Crippen LogP contribution in [0.3, 0.4) is 0 Å². The van der Waals surface area contributed by atoms with E-state index in [9.17, 15) is 18.0 Å². The topological polar surface area (TPSA) is 87.2 Å². The maximum Gasteiger partial charge on any atom is 0.254 e. The summed E-state index contributed by atoms with van der Waals surface area (Å²) in [6.07, 6.45) is 1.31. The van der Waals surface area contributed by atoms with Crippen molar-refractivity contribution in [3.63, 3.8) is 0 Å². The van der Waals surface area contributed by atoms with Gasteiger partial charge in [-0.2, -0.15) is 4.31 Å². The minimum absolute atomic E-state index is 0.000544. The SMILES string of the molecule is CC(C)N(C)S(=O)(=O)c1cccc(C(=O)N2CCN(C(=O)C3CCCO3)CC2)c1. The van der Waals surface area contributed by atoms with Crippen LogP contribution < -0.4 is 0 Å². The molecule has 160 valence electrons. The summed E-state index contributed by atoms with van der Waals surface area (Å²) in [6, 6.07) is 5.96. The second-order valence-corrected chi connectivity index (χ2v) is 9.76. The number of nitrogens with zero attached hydrogens (tertiary/aromatic N) is 3. The Hall–Kier alpha value is -1.97. The Morgan fingerprint density at radius 2 is 1.79 bits per heavy atom. The third-order valence-electron chi connectivity index (χ3n) is 5.57. The Balaban J connectivity index is 1.66. The molecule has 0 N–H and O–H groups in total. The highest BCUT2D eigenvalue weighted by molar-refractivity contribution is 7.89. The van der Waals surface area contributed by atoms with Crippen LogP contribution in [0.25, 0.3) is 0 Å². The minimum Gasteiger partial charge on any atom is -0.368 e. The molecular formula is C20H29N3O5S. The molecule has 29 heavy (non-hydrogen) atoms. The Morgan fingerprint density at radius 3 is 2.38 bits per heavy atom. The van der Waals surface area contributed by atoms with E-state index in [1.54, 1.807) is 35.8 Å². The molecule has 2 aliphatic heterocycles. The molecule has 3 rings (SSSR count). The van der Waals surface area contributed by atoms with Crippen molar-refractivity contribution in [1.82, 2.24) is 14.1 Å².